The minimum atomic E-state index is -1.16. The Morgan fingerprint density at radius 2 is 1.62 bits per heavy atom. The van der Waals surface area contributed by atoms with Gasteiger partial charge in [0.15, 0.2) is 0 Å². The lowest BCUT2D eigenvalue weighted by Crippen LogP contribution is -2.60. The minimum absolute atomic E-state index is 0.0751. The standard InChI is InChI=1S/C29H39N5O5/c1-18(2)25-29(39)34(28(38)22(31)16-20-11-13-21(35)14-12-20)24(10-6-7-15-30)27(37)32-23(26(36)33-25)17-19-8-4-3-5-9-19/h3-5,8-9,11-14,18,22-25,35H,6-7,10,15-17,30-31H2,1-2H3,(H,32,37)(H,33,36)/t22-,23-,24-,25+/m0/s1. The Morgan fingerprint density at radius 1 is 0.949 bits per heavy atom. The number of phenols is 1. The van der Waals surface area contributed by atoms with Crippen molar-refractivity contribution in [3.05, 3.63) is 65.7 Å². The molecule has 1 aliphatic rings. The summed E-state index contributed by atoms with van der Waals surface area (Å²) in [6, 6.07) is 11.2. The van der Waals surface area contributed by atoms with Crippen LogP contribution in [0.3, 0.4) is 0 Å². The van der Waals surface area contributed by atoms with E-state index < -0.39 is 47.8 Å². The quantitative estimate of drug-likeness (QED) is 0.282. The molecule has 1 aliphatic heterocycles. The zero-order chi connectivity index (χ0) is 28.5. The largest absolute Gasteiger partial charge is 0.508 e. The molecule has 0 aromatic heterocycles. The van der Waals surface area contributed by atoms with Gasteiger partial charge in [-0.2, -0.15) is 0 Å². The van der Waals surface area contributed by atoms with Crippen molar-refractivity contribution < 1.29 is 24.3 Å². The zero-order valence-corrected chi connectivity index (χ0v) is 22.5. The molecule has 10 nitrogen and oxygen atoms in total. The second-order valence-corrected chi connectivity index (χ2v) is 10.3. The highest BCUT2D eigenvalue weighted by molar-refractivity contribution is 6.06. The fourth-order valence-corrected chi connectivity index (χ4v) is 4.67. The van der Waals surface area contributed by atoms with Gasteiger partial charge in [-0.15, -0.1) is 0 Å². The van der Waals surface area contributed by atoms with E-state index in [9.17, 15) is 24.3 Å². The molecular formula is C29H39N5O5. The smallest absolute Gasteiger partial charge is 0.252 e. The van der Waals surface area contributed by atoms with Gasteiger partial charge in [0, 0.05) is 6.42 Å². The van der Waals surface area contributed by atoms with E-state index in [1.54, 1.807) is 26.0 Å². The molecule has 3 rings (SSSR count). The molecule has 7 N–H and O–H groups in total. The molecule has 10 heteroatoms. The zero-order valence-electron chi connectivity index (χ0n) is 22.5. The molecule has 1 saturated heterocycles. The van der Waals surface area contributed by atoms with Crippen LogP contribution < -0.4 is 22.1 Å². The third-order valence-corrected chi connectivity index (χ3v) is 6.88. The lowest BCUT2D eigenvalue weighted by atomic mass is 9.98. The number of rotatable bonds is 10. The Kier molecular flexibility index (Phi) is 10.6. The van der Waals surface area contributed by atoms with Gasteiger partial charge in [0.05, 0.1) is 6.04 Å². The number of hydrogen-bond donors (Lipinski definition) is 5. The molecular weight excluding hydrogens is 498 g/mol. The van der Waals surface area contributed by atoms with E-state index in [0.29, 0.717) is 24.9 Å². The number of carbonyl (C=O) groups is 4. The Morgan fingerprint density at radius 3 is 2.23 bits per heavy atom. The first-order chi connectivity index (χ1) is 18.6. The third kappa shape index (κ3) is 7.87. The molecule has 0 bridgehead atoms. The molecule has 1 heterocycles. The Balaban J connectivity index is 1.98. The number of unbranched alkanes of at least 4 members (excludes halogenated alkanes) is 1. The van der Waals surface area contributed by atoms with Crippen molar-refractivity contribution in [1.29, 1.82) is 0 Å². The van der Waals surface area contributed by atoms with E-state index in [1.165, 1.54) is 12.1 Å². The van der Waals surface area contributed by atoms with Crippen molar-refractivity contribution in [3.8, 4) is 5.75 Å². The average molecular weight is 538 g/mol. The third-order valence-electron chi connectivity index (χ3n) is 6.88. The molecule has 210 valence electrons. The van der Waals surface area contributed by atoms with Crippen molar-refractivity contribution in [2.75, 3.05) is 6.54 Å². The summed E-state index contributed by atoms with van der Waals surface area (Å²) in [6.45, 7) is 3.93. The Hall–Kier alpha value is -3.76. The normalized spacial score (nSPS) is 21.0. The van der Waals surface area contributed by atoms with E-state index in [4.69, 9.17) is 11.5 Å². The highest BCUT2D eigenvalue weighted by atomic mass is 16.3. The highest BCUT2D eigenvalue weighted by Gasteiger charge is 2.43. The molecule has 2 aromatic rings. The second-order valence-electron chi connectivity index (χ2n) is 10.3. The number of nitrogens with zero attached hydrogens (tertiary/aromatic N) is 1. The highest BCUT2D eigenvalue weighted by Crippen LogP contribution is 2.20. The number of benzene rings is 2. The summed E-state index contributed by atoms with van der Waals surface area (Å²) in [7, 11) is 0. The van der Waals surface area contributed by atoms with Gasteiger partial charge < -0.3 is 27.2 Å². The molecule has 39 heavy (non-hydrogen) atoms. The summed E-state index contributed by atoms with van der Waals surface area (Å²) in [6.07, 6.45) is 1.59. The summed E-state index contributed by atoms with van der Waals surface area (Å²) in [4.78, 5) is 55.7. The number of imide groups is 1. The van der Waals surface area contributed by atoms with Crippen LogP contribution in [0.15, 0.2) is 54.6 Å². The maximum absolute atomic E-state index is 13.9. The van der Waals surface area contributed by atoms with Crippen LogP contribution in [0.5, 0.6) is 5.75 Å². The number of amides is 4. The summed E-state index contributed by atoms with van der Waals surface area (Å²) in [5, 5.41) is 15.1. The molecule has 0 aliphatic carbocycles. The molecule has 4 amide bonds. The molecule has 1 fully saturated rings. The van der Waals surface area contributed by atoms with Crippen LogP contribution in [-0.4, -0.2) is 64.3 Å². The summed E-state index contributed by atoms with van der Waals surface area (Å²) < 4.78 is 0. The van der Waals surface area contributed by atoms with Gasteiger partial charge in [0.25, 0.3) is 5.91 Å². The SMILES string of the molecule is CC(C)[C@H]1NC(=O)[C@H](Cc2ccccc2)NC(=O)[C@H](CCCCN)N(C(=O)[C@@H](N)Cc2ccc(O)cc2)C1=O. The number of nitrogens with one attached hydrogen (secondary N) is 2. The molecule has 0 saturated carbocycles. The van der Waals surface area contributed by atoms with E-state index >= 15 is 0 Å². The summed E-state index contributed by atoms with van der Waals surface area (Å²) in [5.74, 6) is -2.75. The lowest BCUT2D eigenvalue weighted by Gasteiger charge is -2.34. The number of nitrogens with two attached hydrogens (primary N) is 2. The number of phenolic OH excluding ortho intramolecular Hbond substituents is 1. The van der Waals surface area contributed by atoms with Gasteiger partial charge in [-0.1, -0.05) is 56.3 Å². The van der Waals surface area contributed by atoms with Crippen LogP contribution >= 0.6 is 0 Å². The van der Waals surface area contributed by atoms with Crippen LogP contribution in [0.25, 0.3) is 0 Å². The van der Waals surface area contributed by atoms with Crippen molar-refractivity contribution in [1.82, 2.24) is 15.5 Å². The van der Waals surface area contributed by atoms with Crippen molar-refractivity contribution in [3.63, 3.8) is 0 Å². The van der Waals surface area contributed by atoms with Gasteiger partial charge >= 0.3 is 0 Å². The maximum atomic E-state index is 13.9. The molecule has 0 unspecified atom stereocenters. The van der Waals surface area contributed by atoms with Crippen LogP contribution in [0, 0.1) is 5.92 Å². The first-order valence-corrected chi connectivity index (χ1v) is 13.4. The fourth-order valence-electron chi connectivity index (χ4n) is 4.67. The van der Waals surface area contributed by atoms with Crippen molar-refractivity contribution in [2.24, 2.45) is 17.4 Å². The first-order valence-electron chi connectivity index (χ1n) is 13.4. The van der Waals surface area contributed by atoms with Crippen LogP contribution in [0.1, 0.15) is 44.2 Å². The van der Waals surface area contributed by atoms with E-state index in [2.05, 4.69) is 10.6 Å². The Bertz CT molecular complexity index is 1140. The maximum Gasteiger partial charge on any atom is 0.252 e. The number of aromatic hydroxyl groups is 1. The van der Waals surface area contributed by atoms with Crippen LogP contribution in [0.4, 0.5) is 0 Å². The van der Waals surface area contributed by atoms with E-state index in [0.717, 1.165) is 10.5 Å². The summed E-state index contributed by atoms with van der Waals surface area (Å²) >= 11 is 0. The second kappa shape index (κ2) is 13.9. The minimum Gasteiger partial charge on any atom is -0.508 e. The number of hydrogen-bond acceptors (Lipinski definition) is 7. The topological polar surface area (TPSA) is 168 Å². The van der Waals surface area contributed by atoms with Crippen LogP contribution in [-0.2, 0) is 32.0 Å². The average Bonchev–Trinajstić information content (AvgIpc) is 2.94. The van der Waals surface area contributed by atoms with Crippen molar-refractivity contribution >= 4 is 23.6 Å². The van der Waals surface area contributed by atoms with Gasteiger partial charge in [-0.05, 0) is 61.4 Å². The number of carbonyl (C=O) groups excluding carboxylic acids is 4. The van der Waals surface area contributed by atoms with E-state index in [-0.39, 0.29) is 30.9 Å². The molecule has 2 aromatic carbocycles. The van der Waals surface area contributed by atoms with Gasteiger partial charge in [0.1, 0.15) is 23.9 Å². The lowest BCUT2D eigenvalue weighted by molar-refractivity contribution is -0.154. The van der Waals surface area contributed by atoms with Gasteiger partial charge in [-0.3, -0.25) is 24.1 Å². The van der Waals surface area contributed by atoms with Gasteiger partial charge in [0.2, 0.25) is 17.7 Å². The van der Waals surface area contributed by atoms with Gasteiger partial charge in [-0.25, -0.2) is 0 Å². The predicted molar refractivity (Wildman–Crippen MR) is 147 cm³/mol. The van der Waals surface area contributed by atoms with Crippen LogP contribution in [0.2, 0.25) is 0 Å². The summed E-state index contributed by atoms with van der Waals surface area (Å²) in [5.41, 5.74) is 13.5. The first kappa shape index (κ1) is 29.8. The monoisotopic (exact) mass is 537 g/mol. The van der Waals surface area contributed by atoms with E-state index in [1.807, 2.05) is 30.3 Å². The Labute approximate surface area is 229 Å². The molecule has 4 atom stereocenters. The molecule has 0 spiro atoms. The molecule has 0 radical (unpaired) electrons. The predicted octanol–water partition coefficient (Wildman–Crippen LogP) is 0.997. The van der Waals surface area contributed by atoms with Crippen molar-refractivity contribution in [2.45, 2.75) is 70.1 Å². The fraction of sp³-hybridized carbons (Fsp3) is 0.448.